The molecule has 0 saturated heterocycles. The monoisotopic (exact) mass is 518 g/mol. The van der Waals surface area contributed by atoms with Gasteiger partial charge in [0.05, 0.1) is 11.9 Å². The second-order valence-corrected chi connectivity index (χ2v) is 8.63. The van der Waals surface area contributed by atoms with Gasteiger partial charge in [-0.25, -0.2) is 32.5 Å². The minimum absolute atomic E-state index is 0.233. The van der Waals surface area contributed by atoms with Crippen molar-refractivity contribution in [3.8, 4) is 0 Å². The fourth-order valence-electron chi connectivity index (χ4n) is 3.34. The van der Waals surface area contributed by atoms with Crippen molar-refractivity contribution in [1.29, 1.82) is 0 Å². The highest BCUT2D eigenvalue weighted by Crippen LogP contribution is 2.39. The van der Waals surface area contributed by atoms with E-state index in [1.165, 1.54) is 20.2 Å². The normalized spacial score (nSPS) is 15.2. The van der Waals surface area contributed by atoms with Crippen LogP contribution in [0.3, 0.4) is 0 Å². The Labute approximate surface area is 195 Å². The quantitative estimate of drug-likeness (QED) is 0.228. The first-order valence-electron chi connectivity index (χ1n) is 9.82. The molecule has 0 radical (unpaired) electrons. The average Bonchev–Trinajstić information content (AvgIpc) is 3.20. The van der Waals surface area contributed by atoms with Crippen molar-refractivity contribution >= 4 is 14.0 Å². The number of halogens is 3. The third kappa shape index (κ3) is 6.19. The molecule has 12 nitrogen and oxygen atoms in total. The SMILES string of the molecule is CC(OC(=O)OP(=O)(O)O)[n+]1cnn(C[C@](O)(c2ccc(F)cc2F)[C@@H](C)c2ncncc2F)c1. The summed E-state index contributed by atoms with van der Waals surface area (Å²) in [6, 6.07) is 2.51. The van der Waals surface area contributed by atoms with Gasteiger partial charge in [0.2, 0.25) is 12.6 Å². The van der Waals surface area contributed by atoms with E-state index in [0.717, 1.165) is 40.2 Å². The zero-order valence-corrected chi connectivity index (χ0v) is 19.1. The van der Waals surface area contributed by atoms with Crippen LogP contribution in [0.15, 0.2) is 43.4 Å². The largest absolute Gasteiger partial charge is 0.529 e. The number of rotatable bonds is 8. The van der Waals surface area contributed by atoms with E-state index >= 15 is 0 Å². The number of hydrogen-bond donors (Lipinski definition) is 3. The van der Waals surface area contributed by atoms with Crippen LogP contribution in [-0.4, -0.2) is 40.8 Å². The van der Waals surface area contributed by atoms with Gasteiger partial charge in [-0.15, -0.1) is 4.68 Å². The zero-order valence-electron chi connectivity index (χ0n) is 18.2. The first-order chi connectivity index (χ1) is 16.3. The number of phosphoric acid groups is 1. The fraction of sp³-hybridized carbons (Fsp3) is 0.316. The predicted octanol–water partition coefficient (Wildman–Crippen LogP) is 1.83. The number of phosphoric ester groups is 1. The molecule has 0 spiro atoms. The molecule has 2 aromatic heterocycles. The molecule has 35 heavy (non-hydrogen) atoms. The number of carbonyl (C=O) groups excluding carboxylic acids is 1. The molecule has 3 aromatic rings. The van der Waals surface area contributed by atoms with Gasteiger partial charge in [0.1, 0.15) is 30.1 Å². The maximum absolute atomic E-state index is 14.7. The number of hydrogen-bond acceptors (Lipinski definition) is 8. The van der Waals surface area contributed by atoms with Crippen LogP contribution >= 0.6 is 7.82 Å². The number of nitrogens with zero attached hydrogens (tertiary/aromatic N) is 5. The Kier molecular flexibility index (Phi) is 7.55. The van der Waals surface area contributed by atoms with Crippen LogP contribution in [0.5, 0.6) is 0 Å². The van der Waals surface area contributed by atoms with E-state index in [1.54, 1.807) is 0 Å². The van der Waals surface area contributed by atoms with Crippen LogP contribution in [0.2, 0.25) is 0 Å². The van der Waals surface area contributed by atoms with E-state index < -0.39 is 55.7 Å². The summed E-state index contributed by atoms with van der Waals surface area (Å²) in [6.45, 7) is 2.21. The summed E-state index contributed by atoms with van der Waals surface area (Å²) in [6.07, 6.45) is 1.45. The molecule has 2 heterocycles. The molecule has 0 amide bonds. The predicted molar refractivity (Wildman–Crippen MR) is 107 cm³/mol. The third-order valence-corrected chi connectivity index (χ3v) is 5.49. The molecule has 0 fully saturated rings. The molecule has 1 aromatic carbocycles. The first-order valence-corrected chi connectivity index (χ1v) is 11.4. The molecular formula is C19H20F3N5O7P+. The molecular weight excluding hydrogens is 498 g/mol. The van der Waals surface area contributed by atoms with Crippen molar-refractivity contribution < 1.29 is 51.3 Å². The Morgan fingerprint density at radius 2 is 1.97 bits per heavy atom. The van der Waals surface area contributed by atoms with E-state index in [0.29, 0.717) is 6.07 Å². The molecule has 0 aliphatic rings. The highest BCUT2D eigenvalue weighted by atomic mass is 31.2. The molecule has 188 valence electrons. The Morgan fingerprint density at radius 1 is 1.26 bits per heavy atom. The fourth-order valence-corrected chi connectivity index (χ4v) is 3.57. The van der Waals surface area contributed by atoms with Gasteiger partial charge in [-0.1, -0.05) is 13.0 Å². The van der Waals surface area contributed by atoms with Gasteiger partial charge in [-0.3, -0.25) is 9.79 Å². The van der Waals surface area contributed by atoms with Crippen LogP contribution in [0.25, 0.3) is 0 Å². The van der Waals surface area contributed by atoms with Crippen molar-refractivity contribution in [2.24, 2.45) is 0 Å². The molecule has 1 unspecified atom stereocenters. The van der Waals surface area contributed by atoms with E-state index in [1.807, 2.05) is 0 Å². The summed E-state index contributed by atoms with van der Waals surface area (Å²) in [5.41, 5.74) is -2.80. The highest BCUT2D eigenvalue weighted by molar-refractivity contribution is 7.46. The number of benzene rings is 1. The van der Waals surface area contributed by atoms with Crippen molar-refractivity contribution in [3.05, 3.63) is 72.1 Å². The minimum atomic E-state index is -5.12. The molecule has 0 bridgehead atoms. The third-order valence-electron chi connectivity index (χ3n) is 5.10. The number of ether oxygens (including phenoxy) is 1. The molecule has 0 saturated carbocycles. The van der Waals surface area contributed by atoms with E-state index in [4.69, 9.17) is 14.5 Å². The Morgan fingerprint density at radius 3 is 2.60 bits per heavy atom. The lowest BCUT2D eigenvalue weighted by Gasteiger charge is -2.32. The number of aliphatic hydroxyl groups is 1. The van der Waals surface area contributed by atoms with Crippen molar-refractivity contribution in [2.75, 3.05) is 0 Å². The topological polar surface area (TPSA) is 161 Å². The standard InChI is InChI=1S/C19H19F3N5O7P/c1-11(17-16(22)6-23-8-24-17)19(29,14-4-3-13(20)5-15(14)21)7-27-10-26(9-25-27)12(2)33-18(28)34-35(30,31)32/h3-6,8-12,29H,7H2,1-2H3,(H-,30,31,32)/p+1/t11-,12?,19+/m0/s1. The van der Waals surface area contributed by atoms with Crippen LogP contribution in [0, 0.1) is 17.5 Å². The van der Waals surface area contributed by atoms with Crippen LogP contribution in [-0.2, 0) is 26.0 Å². The maximum Gasteiger partial charge on any atom is 0.529 e. The number of carbonyl (C=O) groups is 1. The summed E-state index contributed by atoms with van der Waals surface area (Å²) in [5, 5.41) is 15.6. The van der Waals surface area contributed by atoms with Crippen molar-refractivity contribution in [3.63, 3.8) is 0 Å². The van der Waals surface area contributed by atoms with Gasteiger partial charge in [-0.05, 0) is 6.07 Å². The lowest BCUT2D eigenvalue weighted by molar-refractivity contribution is -0.754. The van der Waals surface area contributed by atoms with Crippen molar-refractivity contribution in [1.82, 2.24) is 19.7 Å². The van der Waals surface area contributed by atoms with E-state index in [2.05, 4.69) is 19.6 Å². The Hall–Kier alpha value is -3.39. The van der Waals surface area contributed by atoms with Crippen LogP contribution in [0.1, 0.15) is 37.3 Å². The van der Waals surface area contributed by atoms with E-state index in [-0.39, 0.29) is 11.3 Å². The summed E-state index contributed by atoms with van der Waals surface area (Å²) < 4.78 is 64.2. The highest BCUT2D eigenvalue weighted by Gasteiger charge is 2.43. The smallest absolute Gasteiger partial charge is 0.397 e. The van der Waals surface area contributed by atoms with E-state index in [9.17, 15) is 27.6 Å². The molecule has 3 rings (SSSR count). The minimum Gasteiger partial charge on any atom is -0.397 e. The average molecular weight is 518 g/mol. The Balaban J connectivity index is 1.93. The second kappa shape index (κ2) is 10.1. The van der Waals surface area contributed by atoms with Gasteiger partial charge < -0.3 is 14.4 Å². The maximum atomic E-state index is 14.7. The van der Waals surface area contributed by atoms with Gasteiger partial charge in [-0.2, -0.15) is 4.57 Å². The lowest BCUT2D eigenvalue weighted by Crippen LogP contribution is -2.41. The number of aromatic nitrogens is 5. The second-order valence-electron chi connectivity index (χ2n) is 7.47. The first kappa shape index (κ1) is 26.2. The molecule has 3 N–H and O–H groups in total. The molecule has 0 aliphatic carbocycles. The summed E-state index contributed by atoms with van der Waals surface area (Å²) >= 11 is 0. The Bertz CT molecular complexity index is 1270. The zero-order chi connectivity index (χ0) is 26.0. The van der Waals surface area contributed by atoms with Gasteiger partial charge in [0.15, 0.2) is 5.82 Å². The summed E-state index contributed by atoms with van der Waals surface area (Å²) in [5.74, 6) is -4.03. The molecule has 3 atom stereocenters. The van der Waals surface area contributed by atoms with Crippen molar-refractivity contribution in [2.45, 2.75) is 38.1 Å². The van der Waals surface area contributed by atoms with Gasteiger partial charge in [0, 0.05) is 29.6 Å². The van der Waals surface area contributed by atoms with Gasteiger partial charge >= 0.3 is 14.0 Å². The summed E-state index contributed by atoms with van der Waals surface area (Å²) in [4.78, 5) is 36.2. The van der Waals surface area contributed by atoms with Gasteiger partial charge in [0.25, 0.3) is 6.33 Å². The molecule has 16 heteroatoms. The summed E-state index contributed by atoms with van der Waals surface area (Å²) in [7, 11) is -5.12. The van der Waals surface area contributed by atoms with Crippen LogP contribution < -0.4 is 4.57 Å². The lowest BCUT2D eigenvalue weighted by atomic mass is 9.79. The molecule has 0 aliphatic heterocycles. The van der Waals surface area contributed by atoms with Crippen LogP contribution in [0.4, 0.5) is 18.0 Å².